The third-order valence-electron chi connectivity index (χ3n) is 4.30. The summed E-state index contributed by atoms with van der Waals surface area (Å²) in [5, 5.41) is 0. The molecule has 3 atom stereocenters. The summed E-state index contributed by atoms with van der Waals surface area (Å²) in [5.74, 6) is 3.72. The van der Waals surface area contributed by atoms with E-state index in [0.29, 0.717) is 5.92 Å². The molecule has 0 aromatic carbocycles. The van der Waals surface area contributed by atoms with Crippen LogP contribution in [-0.4, -0.2) is 9.55 Å². The number of rotatable bonds is 0. The zero-order chi connectivity index (χ0) is 11.3. The molecule has 0 radical (unpaired) electrons. The lowest BCUT2D eigenvalue weighted by atomic mass is 9.84. The molecule has 2 heteroatoms. The van der Waals surface area contributed by atoms with Crippen molar-refractivity contribution in [3.8, 4) is 0 Å². The maximum atomic E-state index is 4.91. The molecule has 0 saturated heterocycles. The average Bonchev–Trinajstić information content (AvgIpc) is 2.54. The Kier molecular flexibility index (Phi) is 2.34. The smallest absolute Gasteiger partial charge is 0.109 e. The molecule has 1 aromatic heterocycles. The second kappa shape index (κ2) is 3.61. The first-order valence-corrected chi connectivity index (χ1v) is 6.73. The molecule has 3 rings (SSSR count). The second-order valence-electron chi connectivity index (χ2n) is 6.06. The minimum atomic E-state index is 0.716. The zero-order valence-electron chi connectivity index (χ0n) is 10.7. The van der Waals surface area contributed by atoms with Gasteiger partial charge in [0.1, 0.15) is 5.82 Å². The standard InChI is InChI=1S/C14H22N2/c1-9-4-5-16-13(8-9)15-12-7-10(2)6-11(3)14(12)16/h9-11H,4-8H2,1-3H3. The van der Waals surface area contributed by atoms with Crippen LogP contribution in [0.15, 0.2) is 0 Å². The van der Waals surface area contributed by atoms with Crippen LogP contribution in [0.5, 0.6) is 0 Å². The maximum Gasteiger partial charge on any atom is 0.109 e. The summed E-state index contributed by atoms with van der Waals surface area (Å²) >= 11 is 0. The first kappa shape index (κ1) is 10.4. The number of hydrogen-bond donors (Lipinski definition) is 0. The summed E-state index contributed by atoms with van der Waals surface area (Å²) in [6.07, 6.45) is 5.06. The van der Waals surface area contributed by atoms with Crippen molar-refractivity contribution in [2.45, 2.75) is 58.9 Å². The minimum absolute atomic E-state index is 0.716. The van der Waals surface area contributed by atoms with Crippen molar-refractivity contribution in [2.24, 2.45) is 11.8 Å². The molecule has 0 bridgehead atoms. The van der Waals surface area contributed by atoms with Gasteiger partial charge < -0.3 is 4.57 Å². The summed E-state index contributed by atoms with van der Waals surface area (Å²) in [4.78, 5) is 4.91. The largest absolute Gasteiger partial charge is 0.331 e. The van der Waals surface area contributed by atoms with E-state index in [1.54, 1.807) is 5.69 Å². The first-order valence-electron chi connectivity index (χ1n) is 6.73. The molecule has 0 saturated carbocycles. The van der Waals surface area contributed by atoms with Crippen molar-refractivity contribution in [1.82, 2.24) is 9.55 Å². The molecule has 0 fully saturated rings. The van der Waals surface area contributed by atoms with Gasteiger partial charge >= 0.3 is 0 Å². The van der Waals surface area contributed by atoms with Gasteiger partial charge in [0.05, 0.1) is 5.69 Å². The quantitative estimate of drug-likeness (QED) is 0.654. The van der Waals surface area contributed by atoms with E-state index >= 15 is 0 Å². The van der Waals surface area contributed by atoms with E-state index in [9.17, 15) is 0 Å². The van der Waals surface area contributed by atoms with E-state index in [1.165, 1.54) is 43.7 Å². The molecule has 0 amide bonds. The number of imidazole rings is 1. The van der Waals surface area contributed by atoms with Crippen LogP contribution in [0.1, 0.15) is 56.7 Å². The molecule has 3 unspecified atom stereocenters. The van der Waals surface area contributed by atoms with Gasteiger partial charge in [0.2, 0.25) is 0 Å². The fourth-order valence-corrected chi connectivity index (χ4v) is 3.57. The average molecular weight is 218 g/mol. The Morgan fingerprint density at radius 2 is 1.94 bits per heavy atom. The van der Waals surface area contributed by atoms with Crippen LogP contribution < -0.4 is 0 Å². The van der Waals surface area contributed by atoms with Gasteiger partial charge in [-0.1, -0.05) is 20.8 Å². The molecule has 16 heavy (non-hydrogen) atoms. The predicted molar refractivity (Wildman–Crippen MR) is 65.6 cm³/mol. The number of nitrogens with zero attached hydrogens (tertiary/aromatic N) is 2. The van der Waals surface area contributed by atoms with Crippen molar-refractivity contribution in [2.75, 3.05) is 0 Å². The molecule has 0 spiro atoms. The van der Waals surface area contributed by atoms with E-state index in [2.05, 4.69) is 25.3 Å². The van der Waals surface area contributed by atoms with Crippen LogP contribution in [-0.2, 0) is 19.4 Å². The van der Waals surface area contributed by atoms with Gasteiger partial charge in [0, 0.05) is 18.7 Å². The Morgan fingerprint density at radius 3 is 2.75 bits per heavy atom. The predicted octanol–water partition coefficient (Wildman–Crippen LogP) is 3.15. The molecule has 2 heterocycles. The van der Waals surface area contributed by atoms with Crippen molar-refractivity contribution in [3.63, 3.8) is 0 Å². The Morgan fingerprint density at radius 1 is 1.12 bits per heavy atom. The van der Waals surface area contributed by atoms with Crippen molar-refractivity contribution >= 4 is 0 Å². The molecular formula is C14H22N2. The third-order valence-corrected chi connectivity index (χ3v) is 4.30. The van der Waals surface area contributed by atoms with Gasteiger partial charge in [-0.15, -0.1) is 0 Å². The lowest BCUT2D eigenvalue weighted by molar-refractivity contribution is 0.382. The summed E-state index contributed by atoms with van der Waals surface area (Å²) in [5.41, 5.74) is 2.98. The Bertz CT molecular complexity index is 405. The Hall–Kier alpha value is -0.790. The summed E-state index contributed by atoms with van der Waals surface area (Å²) in [6, 6.07) is 0. The van der Waals surface area contributed by atoms with Crippen LogP contribution >= 0.6 is 0 Å². The van der Waals surface area contributed by atoms with Gasteiger partial charge in [0.25, 0.3) is 0 Å². The van der Waals surface area contributed by atoms with Crippen molar-refractivity contribution in [3.05, 3.63) is 17.2 Å². The highest BCUT2D eigenvalue weighted by Gasteiger charge is 2.30. The normalized spacial score (nSPS) is 33.3. The summed E-state index contributed by atoms with van der Waals surface area (Å²) in [6.45, 7) is 8.29. The van der Waals surface area contributed by atoms with Crippen LogP contribution in [0, 0.1) is 11.8 Å². The van der Waals surface area contributed by atoms with E-state index in [1.807, 2.05) is 0 Å². The maximum absolute atomic E-state index is 4.91. The van der Waals surface area contributed by atoms with E-state index < -0.39 is 0 Å². The van der Waals surface area contributed by atoms with Gasteiger partial charge in [0.15, 0.2) is 0 Å². The fraction of sp³-hybridized carbons (Fsp3) is 0.786. The van der Waals surface area contributed by atoms with Gasteiger partial charge in [-0.25, -0.2) is 4.98 Å². The lowest BCUT2D eigenvalue weighted by Crippen LogP contribution is -2.22. The molecular weight excluding hydrogens is 196 g/mol. The van der Waals surface area contributed by atoms with Crippen molar-refractivity contribution < 1.29 is 0 Å². The molecule has 2 nitrogen and oxygen atoms in total. The van der Waals surface area contributed by atoms with Gasteiger partial charge in [-0.05, 0) is 37.0 Å². The monoisotopic (exact) mass is 218 g/mol. The number of fused-ring (bicyclic) bond motifs is 3. The Labute approximate surface area is 98.1 Å². The van der Waals surface area contributed by atoms with E-state index in [4.69, 9.17) is 4.98 Å². The molecule has 1 aliphatic heterocycles. The van der Waals surface area contributed by atoms with E-state index in [-0.39, 0.29) is 0 Å². The summed E-state index contributed by atoms with van der Waals surface area (Å²) < 4.78 is 2.53. The van der Waals surface area contributed by atoms with E-state index in [0.717, 1.165) is 11.8 Å². The molecule has 88 valence electrons. The topological polar surface area (TPSA) is 17.8 Å². The molecule has 1 aromatic rings. The van der Waals surface area contributed by atoms with Gasteiger partial charge in [-0.3, -0.25) is 0 Å². The zero-order valence-corrected chi connectivity index (χ0v) is 10.7. The first-order chi connectivity index (χ1) is 7.65. The highest BCUT2D eigenvalue weighted by atomic mass is 15.1. The molecule has 2 aliphatic rings. The summed E-state index contributed by atoms with van der Waals surface area (Å²) in [7, 11) is 0. The molecule has 0 N–H and O–H groups in total. The highest BCUT2D eigenvalue weighted by Crippen LogP contribution is 2.36. The van der Waals surface area contributed by atoms with Crippen molar-refractivity contribution in [1.29, 1.82) is 0 Å². The SMILES string of the molecule is CC1CCn2c(nc3c2C(C)CC(C)C3)C1. The van der Waals surface area contributed by atoms with Crippen LogP contribution in [0.4, 0.5) is 0 Å². The third kappa shape index (κ3) is 1.50. The van der Waals surface area contributed by atoms with Crippen LogP contribution in [0.2, 0.25) is 0 Å². The fourth-order valence-electron chi connectivity index (χ4n) is 3.57. The lowest BCUT2D eigenvalue weighted by Gasteiger charge is -2.27. The Balaban J connectivity index is 2.04. The minimum Gasteiger partial charge on any atom is -0.331 e. The van der Waals surface area contributed by atoms with Crippen LogP contribution in [0.3, 0.4) is 0 Å². The van der Waals surface area contributed by atoms with Crippen LogP contribution in [0.25, 0.3) is 0 Å². The van der Waals surface area contributed by atoms with Gasteiger partial charge in [-0.2, -0.15) is 0 Å². The number of hydrogen-bond acceptors (Lipinski definition) is 1. The highest BCUT2D eigenvalue weighted by molar-refractivity contribution is 5.25. The molecule has 1 aliphatic carbocycles. The number of aromatic nitrogens is 2. The second-order valence-corrected chi connectivity index (χ2v) is 6.06.